The molecule has 0 unspecified atom stereocenters. The Hall–Kier alpha value is -2.58. The SMILES string of the molecule is CC1CCN(S(=O)(=O)c2cccc(C(=O)NC[C@H]3COc4ccccc4O3)c2)CC1. The van der Waals surface area contributed by atoms with Crippen molar-refractivity contribution in [3.63, 3.8) is 0 Å². The van der Waals surface area contributed by atoms with E-state index in [-0.39, 0.29) is 23.5 Å². The van der Waals surface area contributed by atoms with Gasteiger partial charge in [-0.3, -0.25) is 4.79 Å². The Morgan fingerprint density at radius 1 is 1.10 bits per heavy atom. The summed E-state index contributed by atoms with van der Waals surface area (Å²) in [6.07, 6.45) is 1.39. The van der Waals surface area contributed by atoms with Crippen LogP contribution in [0.1, 0.15) is 30.1 Å². The molecule has 0 saturated carbocycles. The molecular formula is C22H26N2O5S. The van der Waals surface area contributed by atoms with Gasteiger partial charge in [-0.2, -0.15) is 4.31 Å². The van der Waals surface area contributed by atoms with Crippen molar-refractivity contribution in [3.05, 3.63) is 54.1 Å². The van der Waals surface area contributed by atoms with Crippen LogP contribution in [0.3, 0.4) is 0 Å². The van der Waals surface area contributed by atoms with Crippen LogP contribution in [0.25, 0.3) is 0 Å². The van der Waals surface area contributed by atoms with E-state index in [0.717, 1.165) is 12.8 Å². The lowest BCUT2D eigenvalue weighted by Gasteiger charge is -2.29. The Labute approximate surface area is 177 Å². The lowest BCUT2D eigenvalue weighted by molar-refractivity contribution is 0.0789. The van der Waals surface area contributed by atoms with E-state index < -0.39 is 10.0 Å². The summed E-state index contributed by atoms with van der Waals surface area (Å²) >= 11 is 0. The highest BCUT2D eigenvalue weighted by atomic mass is 32.2. The first kappa shape index (κ1) is 20.7. The van der Waals surface area contributed by atoms with Crippen molar-refractivity contribution in [2.75, 3.05) is 26.2 Å². The molecule has 2 aromatic carbocycles. The number of ether oxygens (including phenoxy) is 2. The number of amides is 1. The minimum atomic E-state index is -3.60. The lowest BCUT2D eigenvalue weighted by Crippen LogP contribution is -2.41. The molecule has 1 fully saturated rings. The van der Waals surface area contributed by atoms with Gasteiger partial charge in [-0.15, -0.1) is 0 Å². The Morgan fingerprint density at radius 3 is 2.60 bits per heavy atom. The molecule has 0 aromatic heterocycles. The minimum absolute atomic E-state index is 0.149. The van der Waals surface area contributed by atoms with Gasteiger partial charge >= 0.3 is 0 Å². The number of benzene rings is 2. The predicted octanol–water partition coefficient (Wildman–Crippen LogP) is 2.68. The van der Waals surface area contributed by atoms with Crippen molar-refractivity contribution in [2.45, 2.75) is 30.8 Å². The maximum atomic E-state index is 12.9. The summed E-state index contributed by atoms with van der Waals surface area (Å²) in [6, 6.07) is 13.6. The minimum Gasteiger partial charge on any atom is -0.486 e. The zero-order chi connectivity index (χ0) is 21.1. The number of para-hydroxylation sites is 2. The smallest absolute Gasteiger partial charge is 0.251 e. The average molecular weight is 431 g/mol. The molecule has 7 nitrogen and oxygen atoms in total. The third-order valence-corrected chi connectivity index (χ3v) is 7.43. The molecule has 2 aliphatic heterocycles. The van der Waals surface area contributed by atoms with Gasteiger partial charge in [0.05, 0.1) is 11.4 Å². The first-order valence-corrected chi connectivity index (χ1v) is 11.6. The highest BCUT2D eigenvalue weighted by Crippen LogP contribution is 2.30. The highest BCUT2D eigenvalue weighted by Gasteiger charge is 2.28. The number of carbonyl (C=O) groups is 1. The summed E-state index contributed by atoms with van der Waals surface area (Å²) in [5.41, 5.74) is 0.304. The van der Waals surface area contributed by atoms with Gasteiger partial charge in [0.15, 0.2) is 11.5 Å². The van der Waals surface area contributed by atoms with Gasteiger partial charge in [0.25, 0.3) is 5.91 Å². The van der Waals surface area contributed by atoms with Crippen LogP contribution in [0.5, 0.6) is 11.5 Å². The van der Waals surface area contributed by atoms with E-state index in [2.05, 4.69) is 12.2 Å². The molecule has 30 heavy (non-hydrogen) atoms. The molecule has 2 aromatic rings. The second-order valence-corrected chi connectivity index (χ2v) is 9.76. The second kappa shape index (κ2) is 8.65. The zero-order valence-corrected chi connectivity index (χ0v) is 17.7. The third kappa shape index (κ3) is 4.44. The van der Waals surface area contributed by atoms with Crippen LogP contribution in [0.15, 0.2) is 53.4 Å². The number of hydrogen-bond donors (Lipinski definition) is 1. The standard InChI is InChI=1S/C22H26N2O5S/c1-16-9-11-24(12-10-16)30(26,27)19-6-4-5-17(13-19)22(25)23-14-18-15-28-20-7-2-3-8-21(20)29-18/h2-8,13,16,18H,9-12,14-15H2,1H3,(H,23,25)/t18-/m0/s1. The number of carbonyl (C=O) groups excluding carboxylic acids is 1. The molecule has 1 amide bonds. The Kier molecular flexibility index (Phi) is 5.97. The van der Waals surface area contributed by atoms with E-state index in [4.69, 9.17) is 9.47 Å². The molecule has 2 heterocycles. The molecular weight excluding hydrogens is 404 g/mol. The molecule has 1 N–H and O–H groups in total. The fourth-order valence-electron chi connectivity index (χ4n) is 3.64. The highest BCUT2D eigenvalue weighted by molar-refractivity contribution is 7.89. The van der Waals surface area contributed by atoms with Crippen molar-refractivity contribution in [2.24, 2.45) is 5.92 Å². The average Bonchev–Trinajstić information content (AvgIpc) is 2.77. The van der Waals surface area contributed by atoms with Crippen LogP contribution >= 0.6 is 0 Å². The van der Waals surface area contributed by atoms with Crippen molar-refractivity contribution in [1.29, 1.82) is 0 Å². The normalized spacial score (nSPS) is 20.0. The van der Waals surface area contributed by atoms with E-state index in [9.17, 15) is 13.2 Å². The summed E-state index contributed by atoms with van der Waals surface area (Å²) in [7, 11) is -3.60. The summed E-state index contributed by atoms with van der Waals surface area (Å²) in [6.45, 7) is 3.75. The topological polar surface area (TPSA) is 84.9 Å². The fraction of sp³-hybridized carbons (Fsp3) is 0.409. The maximum absolute atomic E-state index is 12.9. The van der Waals surface area contributed by atoms with Crippen molar-refractivity contribution in [3.8, 4) is 11.5 Å². The van der Waals surface area contributed by atoms with Gasteiger partial charge in [0, 0.05) is 18.7 Å². The molecule has 0 spiro atoms. The fourth-order valence-corrected chi connectivity index (χ4v) is 5.16. The Bertz CT molecular complexity index is 1020. The van der Waals surface area contributed by atoms with Gasteiger partial charge < -0.3 is 14.8 Å². The van der Waals surface area contributed by atoms with Gasteiger partial charge in [-0.1, -0.05) is 25.1 Å². The summed E-state index contributed by atoms with van der Waals surface area (Å²) in [5.74, 6) is 1.52. The molecule has 0 bridgehead atoms. The molecule has 4 rings (SSSR count). The van der Waals surface area contributed by atoms with E-state index in [1.54, 1.807) is 18.2 Å². The van der Waals surface area contributed by atoms with E-state index in [0.29, 0.717) is 42.7 Å². The lowest BCUT2D eigenvalue weighted by atomic mass is 10.0. The second-order valence-electron chi connectivity index (χ2n) is 7.82. The molecule has 1 atom stereocenters. The largest absolute Gasteiger partial charge is 0.486 e. The van der Waals surface area contributed by atoms with Crippen molar-refractivity contribution in [1.82, 2.24) is 9.62 Å². The Morgan fingerprint density at radius 2 is 1.83 bits per heavy atom. The van der Waals surface area contributed by atoms with Crippen LogP contribution in [-0.2, 0) is 10.0 Å². The predicted molar refractivity (Wildman–Crippen MR) is 112 cm³/mol. The molecule has 2 aliphatic rings. The maximum Gasteiger partial charge on any atom is 0.251 e. The van der Waals surface area contributed by atoms with Crippen molar-refractivity contribution < 1.29 is 22.7 Å². The van der Waals surface area contributed by atoms with Crippen LogP contribution in [0.2, 0.25) is 0 Å². The summed E-state index contributed by atoms with van der Waals surface area (Å²) in [5, 5.41) is 2.81. The quantitative estimate of drug-likeness (QED) is 0.788. The zero-order valence-electron chi connectivity index (χ0n) is 16.9. The molecule has 8 heteroatoms. The first-order chi connectivity index (χ1) is 14.4. The van der Waals surface area contributed by atoms with Crippen LogP contribution in [0, 0.1) is 5.92 Å². The number of nitrogens with zero attached hydrogens (tertiary/aromatic N) is 1. The monoisotopic (exact) mass is 430 g/mol. The van der Waals surface area contributed by atoms with Gasteiger partial charge in [0.1, 0.15) is 12.7 Å². The number of rotatable bonds is 5. The number of fused-ring (bicyclic) bond motifs is 1. The summed E-state index contributed by atoms with van der Waals surface area (Å²) < 4.78 is 38.9. The van der Waals surface area contributed by atoms with Crippen molar-refractivity contribution >= 4 is 15.9 Å². The number of sulfonamides is 1. The van der Waals surface area contributed by atoms with Crippen LogP contribution < -0.4 is 14.8 Å². The number of nitrogens with one attached hydrogen (secondary N) is 1. The molecule has 160 valence electrons. The van der Waals surface area contributed by atoms with Gasteiger partial charge in [-0.25, -0.2) is 8.42 Å². The van der Waals surface area contributed by atoms with Crippen LogP contribution in [-0.4, -0.2) is 51.0 Å². The molecule has 1 saturated heterocycles. The van der Waals surface area contributed by atoms with E-state index >= 15 is 0 Å². The Balaban J connectivity index is 1.39. The van der Waals surface area contributed by atoms with Gasteiger partial charge in [-0.05, 0) is 49.1 Å². The third-order valence-electron chi connectivity index (χ3n) is 5.53. The van der Waals surface area contributed by atoms with Gasteiger partial charge in [0.2, 0.25) is 10.0 Å². The summed E-state index contributed by atoms with van der Waals surface area (Å²) in [4.78, 5) is 12.8. The first-order valence-electron chi connectivity index (χ1n) is 10.2. The molecule has 0 radical (unpaired) electrons. The van der Waals surface area contributed by atoms with E-state index in [1.165, 1.54) is 10.4 Å². The molecule has 0 aliphatic carbocycles. The van der Waals surface area contributed by atoms with E-state index in [1.807, 2.05) is 24.3 Å². The van der Waals surface area contributed by atoms with Crippen LogP contribution in [0.4, 0.5) is 0 Å². The number of piperidine rings is 1. The number of hydrogen-bond acceptors (Lipinski definition) is 5.